The lowest BCUT2D eigenvalue weighted by Crippen LogP contribution is -2.30. The number of hydrogen-bond donors (Lipinski definition) is 3. The van der Waals surface area contributed by atoms with Gasteiger partial charge in [-0.2, -0.15) is 12.6 Å². The van der Waals surface area contributed by atoms with Gasteiger partial charge in [0.15, 0.2) is 6.10 Å². The highest BCUT2D eigenvalue weighted by Crippen LogP contribution is 2.33. The summed E-state index contributed by atoms with van der Waals surface area (Å²) in [6.07, 6.45) is -1.86. The lowest BCUT2D eigenvalue weighted by Gasteiger charge is -2.28. The number of ether oxygens (including phenoxy) is 4. The molecule has 174 valence electrons. The number of thiol groups is 1. The van der Waals surface area contributed by atoms with Crippen LogP contribution in [0.15, 0.2) is 54.6 Å². The van der Waals surface area contributed by atoms with Gasteiger partial charge in [0.2, 0.25) is 0 Å². The first-order chi connectivity index (χ1) is 15.6. The van der Waals surface area contributed by atoms with Gasteiger partial charge in [-0.25, -0.2) is 4.79 Å². The Hall–Kier alpha value is -2.75. The Bertz CT molecular complexity index is 834. The van der Waals surface area contributed by atoms with Crippen LogP contribution in [0.1, 0.15) is 25.0 Å². The van der Waals surface area contributed by atoms with Crippen LogP contribution in [-0.2, 0) is 19.0 Å². The fourth-order valence-corrected chi connectivity index (χ4v) is 3.09. The molecular weight excluding hydrogens is 434 g/mol. The van der Waals surface area contributed by atoms with Crippen LogP contribution in [0.25, 0.3) is 0 Å². The van der Waals surface area contributed by atoms with Crippen molar-refractivity contribution in [2.45, 2.75) is 25.6 Å². The second kappa shape index (κ2) is 14.3. The summed E-state index contributed by atoms with van der Waals surface area (Å²) in [5, 5.41) is 11.8. The minimum Gasteiger partial charge on any atom is -0.491 e. The molecular formula is C23H29NO7S. The topological polar surface area (TPSA) is 103 Å². The highest BCUT2D eigenvalue weighted by Gasteiger charge is 2.30. The summed E-state index contributed by atoms with van der Waals surface area (Å²) in [5.41, 5.74) is 1.15. The van der Waals surface area contributed by atoms with Gasteiger partial charge >= 0.3 is 12.1 Å². The Morgan fingerprint density at radius 2 is 1.78 bits per heavy atom. The van der Waals surface area contributed by atoms with Crippen molar-refractivity contribution in [2.75, 3.05) is 37.5 Å². The number of nitrogens with one attached hydrogen (secondary N) is 1. The van der Waals surface area contributed by atoms with E-state index in [-0.39, 0.29) is 32.0 Å². The fourth-order valence-electron chi connectivity index (χ4n) is 3.00. The third-order valence-corrected chi connectivity index (χ3v) is 4.60. The van der Waals surface area contributed by atoms with Gasteiger partial charge in [0.25, 0.3) is 0 Å². The predicted molar refractivity (Wildman–Crippen MR) is 123 cm³/mol. The number of hydrogen-bond acceptors (Lipinski definition) is 8. The molecule has 2 rings (SSSR count). The lowest BCUT2D eigenvalue weighted by atomic mass is 10.0. The molecule has 32 heavy (non-hydrogen) atoms. The predicted octanol–water partition coefficient (Wildman–Crippen LogP) is 3.62. The molecule has 9 heteroatoms. The number of para-hydroxylation sites is 2. The van der Waals surface area contributed by atoms with Crippen LogP contribution in [0.4, 0.5) is 10.5 Å². The second-order valence-corrected chi connectivity index (χ2v) is 6.90. The number of benzene rings is 2. The van der Waals surface area contributed by atoms with E-state index >= 15 is 0 Å². The Kier molecular flexibility index (Phi) is 11.4. The molecule has 0 aliphatic carbocycles. The molecule has 2 N–H and O–H groups in total. The van der Waals surface area contributed by atoms with Crippen LogP contribution in [0, 0.1) is 0 Å². The van der Waals surface area contributed by atoms with Gasteiger partial charge in [-0.1, -0.05) is 36.4 Å². The molecule has 0 radical (unpaired) electrons. The molecule has 0 aliphatic rings. The molecule has 2 atom stereocenters. The van der Waals surface area contributed by atoms with Crippen molar-refractivity contribution in [1.82, 2.24) is 0 Å². The van der Waals surface area contributed by atoms with Gasteiger partial charge in [-0.05, 0) is 25.1 Å². The number of aliphatic hydroxyl groups is 1. The molecule has 0 fully saturated rings. The second-order valence-electron chi connectivity index (χ2n) is 6.59. The van der Waals surface area contributed by atoms with Crippen molar-refractivity contribution < 1.29 is 33.6 Å². The van der Waals surface area contributed by atoms with E-state index in [0.29, 0.717) is 23.6 Å². The molecule has 0 saturated heterocycles. The van der Waals surface area contributed by atoms with Crippen molar-refractivity contribution in [3.63, 3.8) is 0 Å². The van der Waals surface area contributed by atoms with E-state index in [0.717, 1.165) is 0 Å². The fraction of sp³-hybridized carbons (Fsp3) is 0.391. The first kappa shape index (κ1) is 25.5. The van der Waals surface area contributed by atoms with Gasteiger partial charge in [-0.15, -0.1) is 0 Å². The zero-order valence-corrected chi connectivity index (χ0v) is 18.8. The zero-order chi connectivity index (χ0) is 23.2. The summed E-state index contributed by atoms with van der Waals surface area (Å²) < 4.78 is 22.4. The van der Waals surface area contributed by atoms with Gasteiger partial charge in [-0.3, -0.25) is 10.1 Å². The molecule has 1 amide bonds. The first-order valence-corrected chi connectivity index (χ1v) is 11.0. The van der Waals surface area contributed by atoms with Crippen molar-refractivity contribution in [2.24, 2.45) is 0 Å². The largest absolute Gasteiger partial charge is 0.491 e. The number of carbonyl (C=O) groups is 2. The normalized spacial score (nSPS) is 12.5. The summed E-state index contributed by atoms with van der Waals surface area (Å²) in [5.74, 6) is -0.0260. The zero-order valence-electron chi connectivity index (χ0n) is 17.9. The minimum absolute atomic E-state index is 0.0312. The molecule has 2 aromatic rings. The SMILES string of the molecule is CCO[C@@H](CCOC(=O)CS)[C@@H](OC(=O)Nc1ccccc1)c1ccccc1OCCO. The van der Waals surface area contributed by atoms with E-state index in [1.54, 1.807) is 48.5 Å². The Balaban J connectivity index is 2.27. The number of rotatable bonds is 13. The third kappa shape index (κ3) is 8.41. The number of esters is 1. The Morgan fingerprint density at radius 3 is 2.47 bits per heavy atom. The third-order valence-electron chi connectivity index (χ3n) is 4.34. The standard InChI is InChI=1S/C23H29NO7S/c1-2-28-20(12-14-30-21(26)16-32)22(18-10-6-7-11-19(18)29-15-13-25)31-23(27)24-17-8-4-3-5-9-17/h3-11,20,22,25,32H,2,12-16H2,1H3,(H,24,27)/t20-,22-/m0/s1. The van der Waals surface area contributed by atoms with Gasteiger partial charge in [0, 0.05) is 24.3 Å². The van der Waals surface area contributed by atoms with Gasteiger partial charge in [0.1, 0.15) is 18.5 Å². The quantitative estimate of drug-likeness (QED) is 0.308. The van der Waals surface area contributed by atoms with Gasteiger partial charge < -0.3 is 24.1 Å². The minimum atomic E-state index is -0.858. The summed E-state index contributed by atoms with van der Waals surface area (Å²) in [6.45, 7) is 2.17. The highest BCUT2D eigenvalue weighted by molar-refractivity contribution is 7.81. The van der Waals surface area contributed by atoms with E-state index in [2.05, 4.69) is 17.9 Å². The molecule has 0 saturated carbocycles. The summed E-state index contributed by atoms with van der Waals surface area (Å²) >= 11 is 3.90. The maximum absolute atomic E-state index is 12.7. The summed E-state index contributed by atoms with van der Waals surface area (Å²) in [7, 11) is 0. The van der Waals surface area contributed by atoms with E-state index in [9.17, 15) is 9.59 Å². The number of carbonyl (C=O) groups excluding carboxylic acids is 2. The van der Waals surface area contributed by atoms with Crippen molar-refractivity contribution in [1.29, 1.82) is 0 Å². The molecule has 2 aromatic carbocycles. The number of aliphatic hydroxyl groups excluding tert-OH is 1. The maximum atomic E-state index is 12.7. The van der Waals surface area contributed by atoms with Crippen LogP contribution in [0.2, 0.25) is 0 Å². The van der Waals surface area contributed by atoms with Crippen molar-refractivity contribution >= 4 is 30.4 Å². The smallest absolute Gasteiger partial charge is 0.412 e. The molecule has 0 aliphatic heterocycles. The number of anilines is 1. The average Bonchev–Trinajstić information content (AvgIpc) is 2.81. The average molecular weight is 464 g/mol. The van der Waals surface area contributed by atoms with Crippen LogP contribution < -0.4 is 10.1 Å². The molecule has 0 aromatic heterocycles. The van der Waals surface area contributed by atoms with E-state index in [1.807, 2.05) is 13.0 Å². The number of amides is 1. The van der Waals surface area contributed by atoms with Crippen LogP contribution in [0.3, 0.4) is 0 Å². The van der Waals surface area contributed by atoms with Crippen LogP contribution >= 0.6 is 12.6 Å². The summed E-state index contributed by atoms with van der Waals surface area (Å²) in [6, 6.07) is 16.0. The Morgan fingerprint density at radius 1 is 1.06 bits per heavy atom. The first-order valence-electron chi connectivity index (χ1n) is 10.3. The van der Waals surface area contributed by atoms with E-state index in [4.69, 9.17) is 24.1 Å². The maximum Gasteiger partial charge on any atom is 0.412 e. The van der Waals surface area contributed by atoms with Crippen LogP contribution in [0.5, 0.6) is 5.75 Å². The van der Waals surface area contributed by atoms with Crippen molar-refractivity contribution in [3.05, 3.63) is 60.2 Å². The van der Waals surface area contributed by atoms with Crippen LogP contribution in [-0.4, -0.2) is 55.5 Å². The monoisotopic (exact) mass is 463 g/mol. The highest BCUT2D eigenvalue weighted by atomic mass is 32.1. The Labute approximate surface area is 193 Å². The molecule has 0 bridgehead atoms. The van der Waals surface area contributed by atoms with E-state index < -0.39 is 24.3 Å². The summed E-state index contributed by atoms with van der Waals surface area (Å²) in [4.78, 5) is 24.2. The van der Waals surface area contributed by atoms with Crippen molar-refractivity contribution in [3.8, 4) is 5.75 Å². The molecule has 8 nitrogen and oxygen atoms in total. The van der Waals surface area contributed by atoms with Gasteiger partial charge in [0.05, 0.1) is 19.0 Å². The molecule has 0 spiro atoms. The lowest BCUT2D eigenvalue weighted by molar-refractivity contribution is -0.142. The molecule has 0 unspecified atom stereocenters. The molecule has 0 heterocycles. The van der Waals surface area contributed by atoms with E-state index in [1.165, 1.54) is 0 Å².